The maximum absolute atomic E-state index is 13.0. The Labute approximate surface area is 166 Å². The van der Waals surface area contributed by atoms with Gasteiger partial charge in [0.2, 0.25) is 5.91 Å². The third kappa shape index (κ3) is 2.93. The normalized spacial score (nSPS) is 18.5. The smallest absolute Gasteiger partial charge is 0.257 e. The van der Waals surface area contributed by atoms with Crippen molar-refractivity contribution in [2.75, 3.05) is 26.2 Å². The molecule has 5 heteroatoms. The van der Waals surface area contributed by atoms with Crippen LogP contribution in [0.2, 0.25) is 0 Å². The van der Waals surface area contributed by atoms with E-state index < -0.39 is 5.41 Å². The topological polar surface area (TPSA) is 53.8 Å². The molecule has 2 aromatic rings. The molecule has 0 N–H and O–H groups in total. The van der Waals surface area contributed by atoms with Crippen molar-refractivity contribution < 1.29 is 14.0 Å². The van der Waals surface area contributed by atoms with Gasteiger partial charge in [-0.05, 0) is 44.4 Å². The fourth-order valence-corrected chi connectivity index (χ4v) is 4.40. The van der Waals surface area contributed by atoms with Crippen molar-refractivity contribution in [1.29, 1.82) is 0 Å². The van der Waals surface area contributed by atoms with Crippen molar-refractivity contribution in [3.63, 3.8) is 0 Å². The highest BCUT2D eigenvalue weighted by Gasteiger charge is 2.51. The molecule has 2 fully saturated rings. The lowest BCUT2D eigenvalue weighted by Crippen LogP contribution is -2.59. The second-order valence-corrected chi connectivity index (χ2v) is 8.90. The van der Waals surface area contributed by atoms with Crippen LogP contribution in [-0.2, 0) is 11.2 Å². The number of benzene rings is 1. The Morgan fingerprint density at radius 1 is 1.25 bits per heavy atom. The van der Waals surface area contributed by atoms with Gasteiger partial charge in [-0.3, -0.25) is 9.59 Å². The number of fused-ring (bicyclic) bond motifs is 1. The van der Waals surface area contributed by atoms with E-state index >= 15 is 0 Å². The molecule has 3 heterocycles. The van der Waals surface area contributed by atoms with E-state index in [0.29, 0.717) is 18.7 Å². The maximum Gasteiger partial charge on any atom is 0.257 e. The Kier molecular flexibility index (Phi) is 4.36. The summed E-state index contributed by atoms with van der Waals surface area (Å²) in [6.45, 7) is 12.6. The molecular formula is C23H28N2O3. The molecule has 28 heavy (non-hydrogen) atoms. The summed E-state index contributed by atoms with van der Waals surface area (Å²) in [5, 5.41) is 0.890. The van der Waals surface area contributed by atoms with Gasteiger partial charge in [0.1, 0.15) is 11.8 Å². The second-order valence-electron chi connectivity index (χ2n) is 8.90. The van der Waals surface area contributed by atoms with Crippen molar-refractivity contribution in [3.05, 3.63) is 48.2 Å². The van der Waals surface area contributed by atoms with Crippen LogP contribution in [0.1, 0.15) is 43.1 Å². The minimum atomic E-state index is -0.544. The number of aryl methyl sites for hydroxylation is 1. The number of carbonyl (C=O) groups excluding carboxylic acids is 2. The molecule has 2 saturated heterocycles. The van der Waals surface area contributed by atoms with Crippen LogP contribution in [0.3, 0.4) is 0 Å². The van der Waals surface area contributed by atoms with Crippen LogP contribution in [0.4, 0.5) is 0 Å². The minimum Gasteiger partial charge on any atom is -0.463 e. The Hall–Kier alpha value is -2.56. The molecule has 5 nitrogen and oxygen atoms in total. The van der Waals surface area contributed by atoms with E-state index in [1.54, 1.807) is 12.3 Å². The molecule has 148 valence electrons. The number of rotatable bonds is 4. The van der Waals surface area contributed by atoms with E-state index in [4.69, 9.17) is 4.42 Å². The van der Waals surface area contributed by atoms with Gasteiger partial charge >= 0.3 is 0 Å². The lowest BCUT2D eigenvalue weighted by Gasteiger charge is -2.48. The van der Waals surface area contributed by atoms with Crippen LogP contribution in [0, 0.1) is 10.8 Å². The zero-order valence-electron chi connectivity index (χ0n) is 17.0. The number of hydrogen-bond acceptors (Lipinski definition) is 3. The molecule has 0 saturated carbocycles. The van der Waals surface area contributed by atoms with Gasteiger partial charge in [0.05, 0.1) is 11.0 Å². The largest absolute Gasteiger partial charge is 0.463 e. The van der Waals surface area contributed by atoms with E-state index in [1.165, 1.54) is 5.56 Å². The maximum atomic E-state index is 13.0. The first-order valence-corrected chi connectivity index (χ1v) is 10.0. The van der Waals surface area contributed by atoms with E-state index in [9.17, 15) is 9.59 Å². The van der Waals surface area contributed by atoms with E-state index in [-0.39, 0.29) is 17.2 Å². The Morgan fingerprint density at radius 2 is 1.96 bits per heavy atom. The van der Waals surface area contributed by atoms with Crippen molar-refractivity contribution in [2.24, 2.45) is 10.8 Å². The first-order valence-electron chi connectivity index (χ1n) is 10.0. The second kappa shape index (κ2) is 6.50. The molecule has 2 aliphatic heterocycles. The fraction of sp³-hybridized carbons (Fsp3) is 0.478. The first-order chi connectivity index (χ1) is 13.3. The van der Waals surface area contributed by atoms with Gasteiger partial charge in [-0.2, -0.15) is 0 Å². The lowest BCUT2D eigenvalue weighted by molar-refractivity contribution is -0.137. The number of nitrogens with zero attached hydrogens (tertiary/aromatic N) is 2. The average Bonchev–Trinajstić information content (AvgIpc) is 3.29. The van der Waals surface area contributed by atoms with Crippen molar-refractivity contribution >= 4 is 22.8 Å². The van der Waals surface area contributed by atoms with Crippen LogP contribution in [0.15, 0.2) is 41.5 Å². The predicted molar refractivity (Wildman–Crippen MR) is 109 cm³/mol. The number of likely N-dealkylation sites (tertiary alicyclic amines) is 2. The summed E-state index contributed by atoms with van der Waals surface area (Å²) >= 11 is 0. The highest BCUT2D eigenvalue weighted by atomic mass is 16.3. The minimum absolute atomic E-state index is 0.0221. The summed E-state index contributed by atoms with van der Waals surface area (Å²) in [7, 11) is 0. The van der Waals surface area contributed by atoms with Gasteiger partial charge in [0, 0.05) is 37.0 Å². The van der Waals surface area contributed by atoms with Crippen LogP contribution < -0.4 is 0 Å². The highest BCUT2D eigenvalue weighted by molar-refractivity contribution is 6.06. The number of furan rings is 1. The predicted octanol–water partition coefficient (Wildman–Crippen LogP) is 3.88. The molecule has 0 bridgehead atoms. The summed E-state index contributed by atoms with van der Waals surface area (Å²) in [5.41, 5.74) is 2.07. The summed E-state index contributed by atoms with van der Waals surface area (Å²) < 4.78 is 5.59. The van der Waals surface area contributed by atoms with Crippen LogP contribution >= 0.6 is 0 Å². The van der Waals surface area contributed by atoms with Gasteiger partial charge in [-0.15, -0.1) is 6.58 Å². The Morgan fingerprint density at radius 3 is 2.64 bits per heavy atom. The van der Waals surface area contributed by atoms with Gasteiger partial charge in [0.25, 0.3) is 5.91 Å². The molecule has 1 aromatic heterocycles. The third-order valence-electron chi connectivity index (χ3n) is 6.40. The zero-order chi connectivity index (χ0) is 20.1. The SMILES string of the molecule is C=CC(C)(C)C(=O)N1CCC2(CN(C(=O)c3coc4ccc(CC)cc34)C2)C1. The molecule has 0 radical (unpaired) electrons. The molecule has 4 rings (SSSR count). The van der Waals surface area contributed by atoms with Crippen molar-refractivity contribution in [3.8, 4) is 0 Å². The molecule has 2 amide bonds. The van der Waals surface area contributed by atoms with Gasteiger partial charge in [-0.1, -0.05) is 19.1 Å². The monoisotopic (exact) mass is 380 g/mol. The van der Waals surface area contributed by atoms with Crippen molar-refractivity contribution in [1.82, 2.24) is 9.80 Å². The van der Waals surface area contributed by atoms with Crippen molar-refractivity contribution in [2.45, 2.75) is 33.6 Å². The van der Waals surface area contributed by atoms with E-state index in [2.05, 4.69) is 19.6 Å². The molecule has 0 unspecified atom stereocenters. The molecular weight excluding hydrogens is 352 g/mol. The zero-order valence-corrected chi connectivity index (χ0v) is 17.0. The summed E-state index contributed by atoms with van der Waals surface area (Å²) in [6, 6.07) is 6.02. The van der Waals surface area contributed by atoms with Crippen LogP contribution in [0.25, 0.3) is 11.0 Å². The molecule has 2 aliphatic rings. The molecule has 1 aromatic carbocycles. The van der Waals surface area contributed by atoms with Gasteiger partial charge < -0.3 is 14.2 Å². The summed E-state index contributed by atoms with van der Waals surface area (Å²) in [5.74, 6) is 0.144. The summed E-state index contributed by atoms with van der Waals surface area (Å²) in [4.78, 5) is 29.6. The van der Waals surface area contributed by atoms with E-state index in [0.717, 1.165) is 36.9 Å². The lowest BCUT2D eigenvalue weighted by atomic mass is 9.78. The quantitative estimate of drug-likeness (QED) is 0.757. The van der Waals surface area contributed by atoms with Gasteiger partial charge in [0.15, 0.2) is 0 Å². The molecule has 0 atom stereocenters. The average molecular weight is 380 g/mol. The molecule has 0 aliphatic carbocycles. The van der Waals surface area contributed by atoms with Gasteiger partial charge in [-0.25, -0.2) is 0 Å². The van der Waals surface area contributed by atoms with E-state index in [1.807, 2.05) is 35.8 Å². The Bertz CT molecular complexity index is 950. The fourth-order valence-electron chi connectivity index (χ4n) is 4.40. The number of hydrogen-bond donors (Lipinski definition) is 0. The first kappa shape index (κ1) is 18.8. The number of amides is 2. The Balaban J connectivity index is 1.45. The molecule has 1 spiro atoms. The highest BCUT2D eigenvalue weighted by Crippen LogP contribution is 2.42. The summed E-state index contributed by atoms with van der Waals surface area (Å²) in [6.07, 6.45) is 5.16. The van der Waals surface area contributed by atoms with Crippen LogP contribution in [0.5, 0.6) is 0 Å². The van der Waals surface area contributed by atoms with Crippen LogP contribution in [-0.4, -0.2) is 47.8 Å². The third-order valence-corrected chi connectivity index (χ3v) is 6.40. The number of carbonyl (C=O) groups is 2. The standard InChI is InChI=1S/C23H28N2O3/c1-5-16-7-8-19-17(11-16)18(12-28-19)20(26)25-14-23(15-25)9-10-24(13-23)21(27)22(3,4)6-2/h6-8,11-12H,2,5,9-10,13-15H2,1,3-4H3.